The Labute approximate surface area is 111 Å². The first kappa shape index (κ1) is 12.8. The van der Waals surface area contributed by atoms with Crippen molar-refractivity contribution >= 4 is 35.0 Å². The van der Waals surface area contributed by atoms with Gasteiger partial charge in [0.15, 0.2) is 0 Å². The molecule has 0 saturated carbocycles. The van der Waals surface area contributed by atoms with Crippen molar-refractivity contribution in [3.8, 4) is 0 Å². The molecule has 1 aliphatic rings. The second-order valence-electron chi connectivity index (χ2n) is 4.19. The third-order valence-corrected chi connectivity index (χ3v) is 4.26. The maximum Gasteiger partial charge on any atom is 0.228 e. The summed E-state index contributed by atoms with van der Waals surface area (Å²) in [6, 6.07) is 7.92. The van der Waals surface area contributed by atoms with Gasteiger partial charge in [0, 0.05) is 23.2 Å². The third kappa shape index (κ3) is 3.65. The summed E-state index contributed by atoms with van der Waals surface area (Å²) in [4.78, 5) is 11.9. The minimum absolute atomic E-state index is 0.153. The van der Waals surface area contributed by atoms with Crippen molar-refractivity contribution in [2.45, 2.75) is 12.8 Å². The number of nitrogens with one attached hydrogen (secondary N) is 1. The van der Waals surface area contributed by atoms with Gasteiger partial charge in [-0.25, -0.2) is 0 Å². The fourth-order valence-electron chi connectivity index (χ4n) is 1.85. The molecule has 0 radical (unpaired) electrons. The Morgan fingerprint density at radius 1 is 1.41 bits per heavy atom. The van der Waals surface area contributed by atoms with Crippen LogP contribution in [0.5, 0.6) is 0 Å². The highest BCUT2D eigenvalue weighted by Gasteiger charge is 2.22. The molecule has 1 fully saturated rings. The minimum Gasteiger partial charge on any atom is -0.326 e. The Hall–Kier alpha value is -0.670. The number of thioether (sulfide) groups is 1. The fourth-order valence-corrected chi connectivity index (χ4v) is 3.29. The van der Waals surface area contributed by atoms with Crippen molar-refractivity contribution < 1.29 is 4.79 Å². The Bertz CT molecular complexity index is 374. The van der Waals surface area contributed by atoms with E-state index in [1.165, 1.54) is 5.56 Å². The van der Waals surface area contributed by atoms with Crippen LogP contribution in [0.25, 0.3) is 0 Å². The molecule has 17 heavy (non-hydrogen) atoms. The summed E-state index contributed by atoms with van der Waals surface area (Å²) >= 11 is 7.53. The van der Waals surface area contributed by atoms with E-state index in [-0.39, 0.29) is 11.8 Å². The van der Waals surface area contributed by atoms with Gasteiger partial charge < -0.3 is 5.32 Å². The molecule has 1 atom stereocenters. The van der Waals surface area contributed by atoms with Crippen LogP contribution < -0.4 is 5.32 Å². The van der Waals surface area contributed by atoms with Crippen LogP contribution in [0.1, 0.15) is 12.0 Å². The average molecular weight is 270 g/mol. The van der Waals surface area contributed by atoms with Gasteiger partial charge in [-0.3, -0.25) is 4.79 Å². The van der Waals surface area contributed by atoms with E-state index < -0.39 is 0 Å². The maximum atomic E-state index is 11.9. The standard InChI is InChI=1S/C13H16ClNOS/c14-7-5-10-1-3-12(4-2-10)15-13(16)11-6-8-17-9-11/h1-4,11H,5-9H2,(H,15,16). The molecular formula is C13H16ClNOS. The van der Waals surface area contributed by atoms with E-state index in [9.17, 15) is 4.79 Å². The van der Waals surface area contributed by atoms with Gasteiger partial charge in [0.2, 0.25) is 5.91 Å². The van der Waals surface area contributed by atoms with Crippen LogP contribution in [0.15, 0.2) is 24.3 Å². The van der Waals surface area contributed by atoms with Crippen molar-refractivity contribution in [2.24, 2.45) is 5.92 Å². The van der Waals surface area contributed by atoms with Crippen LogP contribution >= 0.6 is 23.4 Å². The van der Waals surface area contributed by atoms with Crippen molar-refractivity contribution in [1.82, 2.24) is 0 Å². The number of halogens is 1. The molecule has 1 aromatic carbocycles. The number of hydrogen-bond acceptors (Lipinski definition) is 2. The summed E-state index contributed by atoms with van der Waals surface area (Å²) in [6.45, 7) is 0. The van der Waals surface area contributed by atoms with E-state index in [2.05, 4.69) is 5.32 Å². The minimum atomic E-state index is 0.153. The molecule has 4 heteroatoms. The smallest absolute Gasteiger partial charge is 0.228 e. The lowest BCUT2D eigenvalue weighted by Crippen LogP contribution is -2.22. The van der Waals surface area contributed by atoms with Crippen molar-refractivity contribution in [3.05, 3.63) is 29.8 Å². The maximum absolute atomic E-state index is 11.9. The van der Waals surface area contributed by atoms with Gasteiger partial charge in [0.05, 0.1) is 0 Å². The highest BCUT2D eigenvalue weighted by atomic mass is 35.5. The molecule has 1 unspecified atom stereocenters. The highest BCUT2D eigenvalue weighted by Crippen LogP contribution is 2.24. The van der Waals surface area contributed by atoms with Crippen LogP contribution in [-0.4, -0.2) is 23.3 Å². The van der Waals surface area contributed by atoms with Gasteiger partial charge in [-0.1, -0.05) is 12.1 Å². The van der Waals surface area contributed by atoms with Gasteiger partial charge in [-0.05, 0) is 36.3 Å². The molecule has 1 N–H and O–H groups in total. The largest absolute Gasteiger partial charge is 0.326 e. The summed E-state index contributed by atoms with van der Waals surface area (Å²) < 4.78 is 0. The zero-order valence-corrected chi connectivity index (χ0v) is 11.2. The molecular weight excluding hydrogens is 254 g/mol. The highest BCUT2D eigenvalue weighted by molar-refractivity contribution is 7.99. The number of hydrogen-bond donors (Lipinski definition) is 1. The second kappa shape index (κ2) is 6.31. The Kier molecular flexibility index (Phi) is 4.75. The fraction of sp³-hybridized carbons (Fsp3) is 0.462. The summed E-state index contributed by atoms with van der Waals surface area (Å²) in [5, 5.41) is 2.97. The lowest BCUT2D eigenvalue weighted by Gasteiger charge is -2.10. The molecule has 1 amide bonds. The van der Waals surface area contributed by atoms with Gasteiger partial charge in [0.25, 0.3) is 0 Å². The lowest BCUT2D eigenvalue weighted by atomic mass is 10.1. The van der Waals surface area contributed by atoms with Gasteiger partial charge in [-0.2, -0.15) is 11.8 Å². The van der Waals surface area contributed by atoms with Crippen LogP contribution in [0.2, 0.25) is 0 Å². The Morgan fingerprint density at radius 3 is 2.76 bits per heavy atom. The average Bonchev–Trinajstić information content (AvgIpc) is 2.86. The first-order valence-corrected chi connectivity index (χ1v) is 7.52. The molecule has 0 spiro atoms. The van der Waals surface area contributed by atoms with E-state index in [4.69, 9.17) is 11.6 Å². The zero-order chi connectivity index (χ0) is 12.1. The normalized spacial score (nSPS) is 19.2. The van der Waals surface area contributed by atoms with E-state index in [1.807, 2.05) is 36.0 Å². The van der Waals surface area contributed by atoms with E-state index in [1.54, 1.807) is 0 Å². The quantitative estimate of drug-likeness (QED) is 0.851. The topological polar surface area (TPSA) is 29.1 Å². The van der Waals surface area contributed by atoms with Crippen molar-refractivity contribution in [2.75, 3.05) is 22.7 Å². The van der Waals surface area contributed by atoms with E-state index in [0.29, 0.717) is 5.88 Å². The number of aryl methyl sites for hydroxylation is 1. The molecule has 92 valence electrons. The van der Waals surface area contributed by atoms with Gasteiger partial charge in [0.1, 0.15) is 0 Å². The van der Waals surface area contributed by atoms with Gasteiger partial charge in [-0.15, -0.1) is 11.6 Å². The number of alkyl halides is 1. The zero-order valence-electron chi connectivity index (χ0n) is 9.62. The molecule has 2 rings (SSSR count). The van der Waals surface area contributed by atoms with Crippen LogP contribution in [0.4, 0.5) is 5.69 Å². The number of rotatable bonds is 4. The molecule has 0 aliphatic carbocycles. The molecule has 1 saturated heterocycles. The van der Waals surface area contributed by atoms with Crippen molar-refractivity contribution in [3.63, 3.8) is 0 Å². The third-order valence-electron chi connectivity index (χ3n) is 2.91. The molecule has 2 nitrogen and oxygen atoms in total. The monoisotopic (exact) mass is 269 g/mol. The summed E-state index contributed by atoms with van der Waals surface area (Å²) in [5.74, 6) is 3.02. The second-order valence-corrected chi connectivity index (χ2v) is 5.71. The predicted octanol–water partition coefficient (Wildman–Crippen LogP) is 3.16. The summed E-state index contributed by atoms with van der Waals surface area (Å²) in [6.07, 6.45) is 1.87. The molecule has 1 heterocycles. The van der Waals surface area contributed by atoms with Crippen LogP contribution in [-0.2, 0) is 11.2 Å². The summed E-state index contributed by atoms with van der Waals surface area (Å²) in [5.41, 5.74) is 2.08. The first-order chi connectivity index (χ1) is 8.29. The van der Waals surface area contributed by atoms with Gasteiger partial charge >= 0.3 is 0 Å². The summed E-state index contributed by atoms with van der Waals surface area (Å²) in [7, 11) is 0. The van der Waals surface area contributed by atoms with Crippen molar-refractivity contribution in [1.29, 1.82) is 0 Å². The number of benzene rings is 1. The molecule has 1 aliphatic heterocycles. The molecule has 1 aromatic rings. The molecule has 0 bridgehead atoms. The Balaban J connectivity index is 1.91. The van der Waals surface area contributed by atoms with E-state index in [0.717, 1.165) is 30.0 Å². The van der Waals surface area contributed by atoms with Crippen LogP contribution in [0.3, 0.4) is 0 Å². The van der Waals surface area contributed by atoms with Crippen LogP contribution in [0, 0.1) is 5.92 Å². The number of carbonyl (C=O) groups excluding carboxylic acids is 1. The number of carbonyl (C=O) groups is 1. The number of anilines is 1. The predicted molar refractivity (Wildman–Crippen MR) is 74.9 cm³/mol. The number of amides is 1. The first-order valence-electron chi connectivity index (χ1n) is 5.83. The van der Waals surface area contributed by atoms with E-state index >= 15 is 0 Å². The lowest BCUT2D eigenvalue weighted by molar-refractivity contribution is -0.119. The molecule has 0 aromatic heterocycles. The Morgan fingerprint density at radius 2 is 2.18 bits per heavy atom. The SMILES string of the molecule is O=C(Nc1ccc(CCCl)cc1)C1CCSC1.